The maximum atomic E-state index is 14.3. The van der Waals surface area contributed by atoms with Crippen molar-refractivity contribution in [3.63, 3.8) is 0 Å². The van der Waals surface area contributed by atoms with E-state index in [1.165, 1.54) is 67.6 Å². The lowest BCUT2D eigenvalue weighted by Crippen LogP contribution is -2.71. The third-order valence-corrected chi connectivity index (χ3v) is 12.1. The average molecular weight is 1160 g/mol. The molecule has 1 amide bonds. The Morgan fingerprint density at radius 1 is 0.627 bits per heavy atom. The molecule has 7 rings (SSSR count). The van der Waals surface area contributed by atoms with Crippen molar-refractivity contribution < 1.29 is 85.6 Å². The van der Waals surface area contributed by atoms with Crippen molar-refractivity contribution in [3.8, 4) is 0 Å². The van der Waals surface area contributed by atoms with Crippen LogP contribution in [0.2, 0.25) is 0 Å². The van der Waals surface area contributed by atoms with E-state index in [9.17, 15) is 28.8 Å². The minimum absolute atomic E-state index is 0.00538. The van der Waals surface area contributed by atoms with Gasteiger partial charge in [-0.2, -0.15) is 0 Å². The lowest BCUT2D eigenvalue weighted by molar-refractivity contribution is -0.390. The minimum atomic E-state index is -2.58. The van der Waals surface area contributed by atoms with Crippen molar-refractivity contribution >= 4 is 111 Å². The topological polar surface area (TPSA) is 249 Å². The number of alkyl halides is 6. The lowest BCUT2D eigenvalue weighted by Gasteiger charge is -2.51. The van der Waals surface area contributed by atoms with Gasteiger partial charge in [-0.3, -0.25) is 5.41 Å². The highest BCUT2D eigenvalue weighted by Crippen LogP contribution is 2.40. The van der Waals surface area contributed by atoms with E-state index in [-0.39, 0.29) is 22.3 Å². The van der Waals surface area contributed by atoms with Gasteiger partial charge in [-0.05, 0) is 48.5 Å². The van der Waals surface area contributed by atoms with Gasteiger partial charge in [0.2, 0.25) is 16.0 Å². The van der Waals surface area contributed by atoms with Crippen LogP contribution in [0.5, 0.6) is 0 Å². The largest absolute Gasteiger partial charge is 0.465 e. The van der Waals surface area contributed by atoms with Crippen molar-refractivity contribution in [2.75, 3.05) is 26.9 Å². The highest BCUT2D eigenvalue weighted by atomic mass is 35.6. The molecule has 4 aromatic carbocycles. The smallest absolute Gasteiger partial charge is 0.407 e. The van der Waals surface area contributed by atoms with Crippen molar-refractivity contribution in [2.24, 2.45) is 0 Å². The molecule has 20 nitrogen and oxygen atoms in total. The van der Waals surface area contributed by atoms with Crippen LogP contribution in [0.3, 0.4) is 0 Å². The lowest BCUT2D eigenvalue weighted by atomic mass is 9.94. The number of ether oxygens (including phenoxy) is 12. The first-order valence-corrected chi connectivity index (χ1v) is 24.6. The summed E-state index contributed by atoms with van der Waals surface area (Å²) in [5.74, 6) is -8.18. The minimum Gasteiger partial charge on any atom is -0.465 e. The molecular formula is C49H44Cl6N2O18. The van der Waals surface area contributed by atoms with Gasteiger partial charge < -0.3 is 62.2 Å². The first-order chi connectivity index (χ1) is 35.6. The standard InChI is InChI=1S/C49H44Cl6N2O18/c1-47(45(62)64-2)67-24-31-34(75-47)36(71-40(60)28-19-11-5-12-20-28)37(72-41(61)29-21-13-6-14-22-29)43(69-31)73-33-30(23-65-38(58)26-15-7-3-8-16-26)68-42(74-44(56)49(53,54)55)32(57-46(63)66-25-48(50,51)52)35(33)70-39(59)27-17-9-4-10-18-27/h3-22,30-37,42-43,56H,23-25H2,1-2H3,(H,57,63)/t30-,31-,32-,33-,34+,35-,36+,37-,42?,43+,47-/m1/s1. The van der Waals surface area contributed by atoms with Crippen LogP contribution in [0.25, 0.3) is 0 Å². The number of nitrogens with one attached hydrogen (secondary N) is 2. The molecule has 0 aliphatic carbocycles. The van der Waals surface area contributed by atoms with Crippen LogP contribution in [-0.4, -0.2) is 143 Å². The van der Waals surface area contributed by atoms with E-state index in [4.69, 9.17) is 132 Å². The number of hydrogen-bond donors (Lipinski definition) is 2. The van der Waals surface area contributed by atoms with E-state index >= 15 is 0 Å². The third-order valence-electron chi connectivity index (χ3n) is 11.3. The molecule has 1 unspecified atom stereocenters. The first kappa shape index (κ1) is 57.2. The molecule has 3 heterocycles. The Bertz CT molecular complexity index is 2650. The number of amides is 1. The summed E-state index contributed by atoms with van der Waals surface area (Å²) in [6, 6.07) is 28.5. The fraction of sp³-hybridized carbons (Fsp3) is 0.367. The molecule has 75 heavy (non-hydrogen) atoms. The summed E-state index contributed by atoms with van der Waals surface area (Å²) < 4.78 is 67.1. The molecule has 4 aromatic rings. The number of halogens is 6. The van der Waals surface area contributed by atoms with Gasteiger partial charge in [0, 0.05) is 6.92 Å². The van der Waals surface area contributed by atoms with Gasteiger partial charge in [-0.25, -0.2) is 28.8 Å². The Balaban J connectivity index is 1.39. The molecule has 0 bridgehead atoms. The van der Waals surface area contributed by atoms with E-state index in [1.807, 2.05) is 0 Å². The number of methoxy groups -OCH3 is 1. The van der Waals surface area contributed by atoms with E-state index in [0.717, 1.165) is 7.11 Å². The summed E-state index contributed by atoms with van der Waals surface area (Å²) in [5, 5.41) is 10.9. The summed E-state index contributed by atoms with van der Waals surface area (Å²) >= 11 is 35.9. The van der Waals surface area contributed by atoms with Crippen molar-refractivity contribution in [1.82, 2.24) is 5.32 Å². The van der Waals surface area contributed by atoms with Crippen LogP contribution in [0.1, 0.15) is 48.4 Å². The maximum absolute atomic E-state index is 14.3. The van der Waals surface area contributed by atoms with Gasteiger partial charge in [0.1, 0.15) is 43.7 Å². The molecule has 11 atom stereocenters. The van der Waals surface area contributed by atoms with Crippen LogP contribution >= 0.6 is 69.6 Å². The maximum Gasteiger partial charge on any atom is 0.407 e. The van der Waals surface area contributed by atoms with Gasteiger partial charge >= 0.3 is 35.9 Å². The number of hydrogen-bond acceptors (Lipinski definition) is 19. The zero-order valence-electron chi connectivity index (χ0n) is 39.1. The van der Waals surface area contributed by atoms with Crippen LogP contribution in [-0.2, 0) is 61.6 Å². The number of esters is 5. The van der Waals surface area contributed by atoms with Gasteiger partial charge in [0.05, 0.1) is 36.0 Å². The van der Waals surface area contributed by atoms with E-state index < -0.39 is 136 Å². The number of benzene rings is 4. The van der Waals surface area contributed by atoms with Crippen LogP contribution in [0, 0.1) is 5.41 Å². The first-order valence-electron chi connectivity index (χ1n) is 22.3. The summed E-state index contributed by atoms with van der Waals surface area (Å²) in [4.78, 5) is 83.2. The average Bonchev–Trinajstić information content (AvgIpc) is 3.40. The second kappa shape index (κ2) is 25.1. The summed E-state index contributed by atoms with van der Waals surface area (Å²) in [5.41, 5.74) is 0.0519. The van der Waals surface area contributed by atoms with Crippen molar-refractivity contribution in [2.45, 2.75) is 81.6 Å². The summed E-state index contributed by atoms with van der Waals surface area (Å²) in [6.07, 6.45) is -17.6. The van der Waals surface area contributed by atoms with Crippen molar-refractivity contribution in [1.29, 1.82) is 5.41 Å². The molecule has 3 aliphatic rings. The Hall–Kier alpha value is -5.49. The molecule has 26 heteroatoms. The van der Waals surface area contributed by atoms with Crippen LogP contribution in [0.15, 0.2) is 121 Å². The second-order valence-corrected chi connectivity index (χ2v) is 21.3. The normalized spacial score (nSPS) is 26.5. The highest BCUT2D eigenvalue weighted by molar-refractivity contribution is 6.76. The molecule has 0 spiro atoms. The van der Waals surface area contributed by atoms with E-state index in [0.29, 0.717) is 0 Å². The molecule has 3 saturated heterocycles. The van der Waals surface area contributed by atoms with Gasteiger partial charge in [0.15, 0.2) is 24.6 Å². The fourth-order valence-electron chi connectivity index (χ4n) is 7.72. The number of fused-ring (bicyclic) bond motifs is 1. The molecule has 400 valence electrons. The summed E-state index contributed by atoms with van der Waals surface area (Å²) in [7, 11) is 1.09. The molecule has 0 aromatic heterocycles. The highest BCUT2D eigenvalue weighted by Gasteiger charge is 2.61. The predicted octanol–water partition coefficient (Wildman–Crippen LogP) is 7.49. The van der Waals surface area contributed by atoms with Gasteiger partial charge in [-0.15, -0.1) is 0 Å². The molecule has 0 saturated carbocycles. The van der Waals surface area contributed by atoms with Gasteiger partial charge in [0.25, 0.3) is 9.58 Å². The number of rotatable bonds is 15. The second-order valence-electron chi connectivity index (χ2n) is 16.5. The summed E-state index contributed by atoms with van der Waals surface area (Å²) in [6.45, 7) is -0.896. The van der Waals surface area contributed by atoms with Crippen LogP contribution < -0.4 is 5.32 Å². The van der Waals surface area contributed by atoms with E-state index in [2.05, 4.69) is 5.32 Å². The predicted molar refractivity (Wildman–Crippen MR) is 265 cm³/mol. The van der Waals surface area contributed by atoms with Crippen LogP contribution in [0.4, 0.5) is 4.79 Å². The Morgan fingerprint density at radius 2 is 1.11 bits per heavy atom. The zero-order chi connectivity index (χ0) is 54.1. The molecule has 0 radical (unpaired) electrons. The fourth-order valence-corrected chi connectivity index (χ4v) is 8.02. The number of alkyl carbamates (subject to hydrolysis) is 1. The molecular weight excluding hydrogens is 1120 g/mol. The Morgan fingerprint density at radius 3 is 1.59 bits per heavy atom. The zero-order valence-corrected chi connectivity index (χ0v) is 43.6. The number of carbonyl (C=O) groups excluding carboxylic acids is 6. The quantitative estimate of drug-likeness (QED) is 0.0385. The molecule has 3 aliphatic heterocycles. The molecule has 2 N–H and O–H groups in total. The van der Waals surface area contributed by atoms with Crippen molar-refractivity contribution in [3.05, 3.63) is 144 Å². The SMILES string of the molecule is COC(=O)[C@]1(C)OC[C@H]2O[C@@H](O[C@H]3[C@H](OC(=O)c4ccccc4)[C@@H](NC(=O)OCC(Cl)(Cl)Cl)C(OC(=N)C(Cl)(Cl)Cl)O[C@@H]3COC(=O)c3ccccc3)[C@H](OC(=O)c3ccccc3)[C@@H](OC(=O)c3ccccc3)[C@H]2O1. The Kier molecular flexibility index (Phi) is 19.2. The molecule has 3 fully saturated rings. The van der Waals surface area contributed by atoms with Gasteiger partial charge in [-0.1, -0.05) is 142 Å². The third kappa shape index (κ3) is 14.9. The Labute approximate surface area is 457 Å². The monoisotopic (exact) mass is 1160 g/mol. The number of carbonyl (C=O) groups is 6. The van der Waals surface area contributed by atoms with E-state index in [1.54, 1.807) is 60.7 Å².